The molecule has 16 heavy (non-hydrogen) atoms. The van der Waals surface area contributed by atoms with Gasteiger partial charge in [0.05, 0.1) is 7.11 Å². The topological polar surface area (TPSA) is 55.5 Å². The van der Waals surface area contributed by atoms with Gasteiger partial charge in [-0.3, -0.25) is 0 Å². The van der Waals surface area contributed by atoms with E-state index in [4.69, 9.17) is 10.5 Å². The van der Waals surface area contributed by atoms with E-state index in [-0.39, 0.29) is 5.75 Å². The number of benzene rings is 2. The number of phenols is 1. The first-order chi connectivity index (χ1) is 7.65. The van der Waals surface area contributed by atoms with Gasteiger partial charge in [-0.2, -0.15) is 0 Å². The van der Waals surface area contributed by atoms with Crippen LogP contribution in [0.5, 0.6) is 11.5 Å². The standard InChI is InChI=1S/C13H15NO2/c1-8-3-10-11(13(4-8)16-2)5-9(7-14)6-12(10)15/h3-6,15H,7,14H2,1-2H3. The molecule has 84 valence electrons. The van der Waals surface area contributed by atoms with E-state index in [1.165, 1.54) is 0 Å². The van der Waals surface area contributed by atoms with E-state index in [0.29, 0.717) is 6.54 Å². The molecule has 0 heterocycles. The van der Waals surface area contributed by atoms with Crippen molar-refractivity contribution in [2.45, 2.75) is 13.5 Å². The molecule has 3 heteroatoms. The first-order valence-corrected chi connectivity index (χ1v) is 5.16. The van der Waals surface area contributed by atoms with Crippen LogP contribution in [-0.2, 0) is 6.54 Å². The molecule has 0 aliphatic heterocycles. The highest BCUT2D eigenvalue weighted by Crippen LogP contribution is 2.34. The molecule has 0 saturated heterocycles. The number of rotatable bonds is 2. The quantitative estimate of drug-likeness (QED) is 0.811. The van der Waals surface area contributed by atoms with Crippen molar-refractivity contribution >= 4 is 10.8 Å². The number of phenolic OH excluding ortho intramolecular Hbond substituents is 1. The second-order valence-corrected chi connectivity index (χ2v) is 3.88. The summed E-state index contributed by atoms with van der Waals surface area (Å²) < 4.78 is 5.31. The Morgan fingerprint density at radius 2 is 1.94 bits per heavy atom. The Kier molecular flexibility index (Phi) is 2.71. The molecule has 0 aromatic heterocycles. The third-order valence-electron chi connectivity index (χ3n) is 2.67. The second-order valence-electron chi connectivity index (χ2n) is 3.88. The highest BCUT2D eigenvalue weighted by Gasteiger charge is 2.08. The minimum Gasteiger partial charge on any atom is -0.507 e. The van der Waals surface area contributed by atoms with E-state index in [9.17, 15) is 5.11 Å². The Bertz CT molecular complexity index is 535. The van der Waals surface area contributed by atoms with Crippen LogP contribution < -0.4 is 10.5 Å². The summed E-state index contributed by atoms with van der Waals surface area (Å²) in [6.07, 6.45) is 0. The summed E-state index contributed by atoms with van der Waals surface area (Å²) in [6, 6.07) is 7.53. The molecule has 0 spiro atoms. The number of aromatic hydroxyl groups is 1. The zero-order chi connectivity index (χ0) is 11.7. The van der Waals surface area contributed by atoms with Crippen LogP contribution in [0, 0.1) is 6.92 Å². The summed E-state index contributed by atoms with van der Waals surface area (Å²) in [7, 11) is 1.63. The normalized spacial score (nSPS) is 10.7. The van der Waals surface area contributed by atoms with E-state index < -0.39 is 0 Å². The Morgan fingerprint density at radius 1 is 1.19 bits per heavy atom. The number of hydrogen-bond acceptors (Lipinski definition) is 3. The highest BCUT2D eigenvalue weighted by molar-refractivity contribution is 5.94. The fourth-order valence-electron chi connectivity index (χ4n) is 1.89. The molecule has 2 aromatic carbocycles. The molecule has 3 N–H and O–H groups in total. The zero-order valence-corrected chi connectivity index (χ0v) is 9.45. The van der Waals surface area contributed by atoms with Gasteiger partial charge in [-0.1, -0.05) is 0 Å². The lowest BCUT2D eigenvalue weighted by Crippen LogP contribution is -1.96. The SMILES string of the molecule is COc1cc(C)cc2c(O)cc(CN)cc12. The number of fused-ring (bicyclic) bond motifs is 1. The maximum Gasteiger partial charge on any atom is 0.127 e. The lowest BCUT2D eigenvalue weighted by atomic mass is 10.0. The molecule has 0 fully saturated rings. The van der Waals surface area contributed by atoms with E-state index in [2.05, 4.69) is 0 Å². The van der Waals surface area contributed by atoms with Crippen molar-refractivity contribution in [3.63, 3.8) is 0 Å². The number of aryl methyl sites for hydroxylation is 1. The lowest BCUT2D eigenvalue weighted by Gasteiger charge is -2.10. The fourth-order valence-corrected chi connectivity index (χ4v) is 1.89. The van der Waals surface area contributed by atoms with Gasteiger partial charge in [-0.25, -0.2) is 0 Å². The monoisotopic (exact) mass is 217 g/mol. The van der Waals surface area contributed by atoms with E-state index in [1.807, 2.05) is 25.1 Å². The predicted octanol–water partition coefficient (Wildman–Crippen LogP) is 2.32. The Hall–Kier alpha value is -1.74. The first-order valence-electron chi connectivity index (χ1n) is 5.16. The van der Waals surface area contributed by atoms with E-state index in [1.54, 1.807) is 13.2 Å². The van der Waals surface area contributed by atoms with Gasteiger partial charge in [0.25, 0.3) is 0 Å². The van der Waals surface area contributed by atoms with Gasteiger partial charge in [0, 0.05) is 17.3 Å². The van der Waals surface area contributed by atoms with Crippen molar-refractivity contribution < 1.29 is 9.84 Å². The largest absolute Gasteiger partial charge is 0.507 e. The Balaban J connectivity index is 2.83. The van der Waals surface area contributed by atoms with Crippen LogP contribution in [-0.4, -0.2) is 12.2 Å². The van der Waals surface area contributed by atoms with Gasteiger partial charge < -0.3 is 15.6 Å². The van der Waals surface area contributed by atoms with Crippen LogP contribution in [0.1, 0.15) is 11.1 Å². The molecule has 0 aliphatic rings. The van der Waals surface area contributed by atoms with Gasteiger partial charge in [0.15, 0.2) is 0 Å². The average Bonchev–Trinajstić information content (AvgIpc) is 2.28. The van der Waals surface area contributed by atoms with Gasteiger partial charge in [-0.05, 0) is 42.3 Å². The first kappa shape index (κ1) is 10.8. The van der Waals surface area contributed by atoms with Crippen LogP contribution in [0.4, 0.5) is 0 Å². The summed E-state index contributed by atoms with van der Waals surface area (Å²) in [6.45, 7) is 2.37. The maximum atomic E-state index is 9.92. The average molecular weight is 217 g/mol. The molecule has 3 nitrogen and oxygen atoms in total. The van der Waals surface area contributed by atoms with Crippen molar-refractivity contribution in [1.82, 2.24) is 0 Å². The predicted molar refractivity (Wildman–Crippen MR) is 64.8 cm³/mol. The van der Waals surface area contributed by atoms with Crippen LogP contribution >= 0.6 is 0 Å². The summed E-state index contributed by atoms with van der Waals surface area (Å²) >= 11 is 0. The van der Waals surface area contributed by atoms with Crippen LogP contribution in [0.15, 0.2) is 24.3 Å². The van der Waals surface area contributed by atoms with Gasteiger partial charge in [0.2, 0.25) is 0 Å². The van der Waals surface area contributed by atoms with Gasteiger partial charge in [0.1, 0.15) is 11.5 Å². The van der Waals surface area contributed by atoms with Crippen molar-refractivity contribution in [3.05, 3.63) is 35.4 Å². The molecule has 0 radical (unpaired) electrons. The van der Waals surface area contributed by atoms with E-state index >= 15 is 0 Å². The van der Waals surface area contributed by atoms with Crippen LogP contribution in [0.3, 0.4) is 0 Å². The minimum absolute atomic E-state index is 0.250. The molecule has 2 aromatic rings. The molecule has 0 atom stereocenters. The molecule has 0 unspecified atom stereocenters. The Labute approximate surface area is 94.5 Å². The summed E-state index contributed by atoms with van der Waals surface area (Å²) in [4.78, 5) is 0. The summed E-state index contributed by atoms with van der Waals surface area (Å²) in [5.74, 6) is 1.01. The second kappa shape index (κ2) is 4.02. The lowest BCUT2D eigenvalue weighted by molar-refractivity contribution is 0.419. The number of hydrogen-bond donors (Lipinski definition) is 2. The molecule has 0 saturated carbocycles. The number of methoxy groups -OCH3 is 1. The van der Waals surface area contributed by atoms with Crippen molar-refractivity contribution in [1.29, 1.82) is 0 Å². The molecule has 0 aliphatic carbocycles. The van der Waals surface area contributed by atoms with Crippen molar-refractivity contribution in [2.75, 3.05) is 7.11 Å². The summed E-state index contributed by atoms with van der Waals surface area (Å²) in [5, 5.41) is 11.6. The smallest absolute Gasteiger partial charge is 0.127 e. The van der Waals surface area contributed by atoms with Crippen molar-refractivity contribution in [3.8, 4) is 11.5 Å². The third-order valence-corrected chi connectivity index (χ3v) is 2.67. The van der Waals surface area contributed by atoms with Gasteiger partial charge >= 0.3 is 0 Å². The zero-order valence-electron chi connectivity index (χ0n) is 9.45. The minimum atomic E-state index is 0.250. The molecule has 0 bridgehead atoms. The van der Waals surface area contributed by atoms with Crippen LogP contribution in [0.2, 0.25) is 0 Å². The number of ether oxygens (including phenoxy) is 1. The highest BCUT2D eigenvalue weighted by atomic mass is 16.5. The molecule has 0 amide bonds. The fraction of sp³-hybridized carbons (Fsp3) is 0.231. The maximum absolute atomic E-state index is 9.92. The molecular weight excluding hydrogens is 202 g/mol. The summed E-state index contributed by atoms with van der Waals surface area (Å²) in [5.41, 5.74) is 7.53. The Morgan fingerprint density at radius 3 is 2.56 bits per heavy atom. The van der Waals surface area contributed by atoms with Crippen molar-refractivity contribution in [2.24, 2.45) is 5.73 Å². The number of nitrogens with two attached hydrogens (primary N) is 1. The van der Waals surface area contributed by atoms with Gasteiger partial charge in [-0.15, -0.1) is 0 Å². The van der Waals surface area contributed by atoms with Crippen LogP contribution in [0.25, 0.3) is 10.8 Å². The molecule has 2 rings (SSSR count). The van der Waals surface area contributed by atoms with E-state index in [0.717, 1.165) is 27.6 Å². The third kappa shape index (κ3) is 1.70. The molecular formula is C13H15NO2.